The minimum Gasteiger partial charge on any atom is -0.270 e. The summed E-state index contributed by atoms with van der Waals surface area (Å²) in [6.45, 7) is 3.47. The standard InChI is InChI=1S/C7H13NS/c1-2-8-6-4-3-5-7-9/h2,6,9H,1,3-5,7H2/b8-6+. The van der Waals surface area contributed by atoms with E-state index in [1.54, 1.807) is 6.20 Å². The van der Waals surface area contributed by atoms with Crippen molar-refractivity contribution in [2.75, 3.05) is 5.75 Å². The zero-order valence-corrected chi connectivity index (χ0v) is 6.48. The van der Waals surface area contributed by atoms with Gasteiger partial charge in [0.25, 0.3) is 0 Å². The molecule has 0 radical (unpaired) electrons. The number of hydrogen-bond acceptors (Lipinski definition) is 2. The van der Waals surface area contributed by atoms with Crippen LogP contribution < -0.4 is 0 Å². The number of hydrogen-bond donors (Lipinski definition) is 1. The Labute approximate surface area is 62.3 Å². The van der Waals surface area contributed by atoms with Crippen molar-refractivity contribution in [2.24, 2.45) is 4.99 Å². The molecule has 0 aliphatic rings. The minimum atomic E-state index is 0.974. The van der Waals surface area contributed by atoms with Crippen molar-refractivity contribution in [3.63, 3.8) is 0 Å². The molecule has 0 unspecified atom stereocenters. The predicted octanol–water partition coefficient (Wildman–Crippen LogP) is 2.30. The number of nitrogens with zero attached hydrogens (tertiary/aromatic N) is 1. The van der Waals surface area contributed by atoms with Gasteiger partial charge in [-0.1, -0.05) is 6.58 Å². The number of thiol groups is 1. The first-order valence-electron chi connectivity index (χ1n) is 3.15. The summed E-state index contributed by atoms with van der Waals surface area (Å²) in [5, 5.41) is 0. The van der Waals surface area contributed by atoms with E-state index in [1.165, 1.54) is 12.8 Å². The van der Waals surface area contributed by atoms with Crippen LogP contribution in [0.25, 0.3) is 0 Å². The molecular formula is C7H13NS. The van der Waals surface area contributed by atoms with Crippen LogP contribution >= 0.6 is 12.6 Å². The molecule has 52 valence electrons. The highest BCUT2D eigenvalue weighted by molar-refractivity contribution is 7.80. The van der Waals surface area contributed by atoms with Gasteiger partial charge in [0.05, 0.1) is 0 Å². The first kappa shape index (κ1) is 8.76. The van der Waals surface area contributed by atoms with E-state index in [9.17, 15) is 0 Å². The second-order valence-corrected chi connectivity index (χ2v) is 2.18. The van der Waals surface area contributed by atoms with Crippen molar-refractivity contribution in [1.82, 2.24) is 0 Å². The third-order valence-corrected chi connectivity index (χ3v) is 1.27. The summed E-state index contributed by atoms with van der Waals surface area (Å²) in [5.41, 5.74) is 0. The number of aliphatic imine (C=N–C) groups is 1. The van der Waals surface area contributed by atoms with E-state index in [1.807, 2.05) is 6.21 Å². The summed E-state index contributed by atoms with van der Waals surface area (Å²) < 4.78 is 0. The monoisotopic (exact) mass is 143 g/mol. The Morgan fingerprint density at radius 1 is 1.44 bits per heavy atom. The van der Waals surface area contributed by atoms with Crippen LogP contribution in [-0.4, -0.2) is 12.0 Å². The Morgan fingerprint density at radius 3 is 2.78 bits per heavy atom. The Morgan fingerprint density at radius 2 is 2.22 bits per heavy atom. The molecule has 0 saturated carbocycles. The zero-order chi connectivity index (χ0) is 6.95. The third kappa shape index (κ3) is 7.76. The first-order valence-corrected chi connectivity index (χ1v) is 3.78. The van der Waals surface area contributed by atoms with Gasteiger partial charge >= 0.3 is 0 Å². The molecule has 0 rings (SSSR count). The molecule has 0 atom stereocenters. The molecule has 0 aliphatic heterocycles. The fourth-order valence-electron chi connectivity index (χ4n) is 0.496. The van der Waals surface area contributed by atoms with Crippen LogP contribution in [0.1, 0.15) is 19.3 Å². The Balaban J connectivity index is 2.90. The van der Waals surface area contributed by atoms with Crippen molar-refractivity contribution in [1.29, 1.82) is 0 Å². The van der Waals surface area contributed by atoms with Crippen LogP contribution in [0, 0.1) is 0 Å². The Bertz CT molecular complexity index is 88.9. The average Bonchev–Trinajstić information content (AvgIpc) is 1.89. The summed E-state index contributed by atoms with van der Waals surface area (Å²) in [5.74, 6) is 0.974. The highest BCUT2D eigenvalue weighted by atomic mass is 32.1. The van der Waals surface area contributed by atoms with E-state index in [0.29, 0.717) is 0 Å². The van der Waals surface area contributed by atoms with Gasteiger partial charge in [-0.3, -0.25) is 4.99 Å². The molecule has 0 N–H and O–H groups in total. The minimum absolute atomic E-state index is 0.974. The van der Waals surface area contributed by atoms with Crippen LogP contribution in [0.3, 0.4) is 0 Å². The first-order chi connectivity index (χ1) is 4.41. The van der Waals surface area contributed by atoms with Crippen LogP contribution in [0.5, 0.6) is 0 Å². The van der Waals surface area contributed by atoms with Crippen LogP contribution in [0.2, 0.25) is 0 Å². The average molecular weight is 143 g/mol. The van der Waals surface area contributed by atoms with Crippen molar-refractivity contribution in [2.45, 2.75) is 19.3 Å². The zero-order valence-electron chi connectivity index (χ0n) is 5.58. The molecule has 0 bridgehead atoms. The SMILES string of the molecule is C=C/N=C/CCCCS. The van der Waals surface area contributed by atoms with Crippen molar-refractivity contribution < 1.29 is 0 Å². The van der Waals surface area contributed by atoms with Gasteiger partial charge in [0, 0.05) is 12.4 Å². The highest BCUT2D eigenvalue weighted by Crippen LogP contribution is 1.93. The molecule has 0 aromatic heterocycles. The van der Waals surface area contributed by atoms with Gasteiger partial charge in [-0.2, -0.15) is 12.6 Å². The summed E-state index contributed by atoms with van der Waals surface area (Å²) in [7, 11) is 0. The van der Waals surface area contributed by atoms with Gasteiger partial charge in [0.15, 0.2) is 0 Å². The number of rotatable bonds is 5. The van der Waals surface area contributed by atoms with Crippen LogP contribution in [-0.2, 0) is 0 Å². The smallest absolute Gasteiger partial charge is 0.0191 e. The second kappa shape index (κ2) is 7.76. The lowest BCUT2D eigenvalue weighted by Gasteiger charge is -1.88. The normalized spacial score (nSPS) is 10.3. The second-order valence-electron chi connectivity index (χ2n) is 1.73. The topological polar surface area (TPSA) is 12.4 Å². The predicted molar refractivity (Wildman–Crippen MR) is 46.4 cm³/mol. The van der Waals surface area contributed by atoms with Crippen molar-refractivity contribution in [3.8, 4) is 0 Å². The Kier molecular flexibility index (Phi) is 7.55. The van der Waals surface area contributed by atoms with E-state index in [4.69, 9.17) is 0 Å². The quantitative estimate of drug-likeness (QED) is 0.344. The fraction of sp³-hybridized carbons (Fsp3) is 0.571. The molecule has 0 aromatic carbocycles. The molecule has 1 nitrogen and oxygen atoms in total. The van der Waals surface area contributed by atoms with E-state index < -0.39 is 0 Å². The molecule has 0 fully saturated rings. The summed E-state index contributed by atoms with van der Waals surface area (Å²) in [4.78, 5) is 3.86. The molecule has 0 heterocycles. The highest BCUT2D eigenvalue weighted by Gasteiger charge is 1.80. The van der Waals surface area contributed by atoms with E-state index in [0.717, 1.165) is 12.2 Å². The lowest BCUT2D eigenvalue weighted by molar-refractivity contribution is 0.854. The van der Waals surface area contributed by atoms with Crippen LogP contribution in [0.15, 0.2) is 17.8 Å². The largest absolute Gasteiger partial charge is 0.270 e. The molecular weight excluding hydrogens is 130 g/mol. The maximum Gasteiger partial charge on any atom is 0.0191 e. The van der Waals surface area contributed by atoms with Crippen molar-refractivity contribution >= 4 is 18.8 Å². The maximum atomic E-state index is 4.08. The summed E-state index contributed by atoms with van der Waals surface area (Å²) in [6.07, 6.45) is 6.84. The van der Waals surface area contributed by atoms with Gasteiger partial charge in [-0.05, 0) is 25.0 Å². The lowest BCUT2D eigenvalue weighted by Crippen LogP contribution is -1.77. The van der Waals surface area contributed by atoms with Gasteiger partial charge in [-0.25, -0.2) is 0 Å². The van der Waals surface area contributed by atoms with E-state index in [2.05, 4.69) is 24.2 Å². The van der Waals surface area contributed by atoms with Gasteiger partial charge in [0.1, 0.15) is 0 Å². The number of unbranched alkanes of at least 4 members (excludes halogenated alkanes) is 2. The van der Waals surface area contributed by atoms with Crippen LogP contribution in [0.4, 0.5) is 0 Å². The maximum absolute atomic E-state index is 4.08. The fourth-order valence-corrected chi connectivity index (χ4v) is 0.720. The molecule has 0 amide bonds. The van der Waals surface area contributed by atoms with Crippen molar-refractivity contribution in [3.05, 3.63) is 12.8 Å². The molecule has 9 heavy (non-hydrogen) atoms. The molecule has 2 heteroatoms. The molecule has 0 aromatic rings. The molecule has 0 aliphatic carbocycles. The van der Waals surface area contributed by atoms with Gasteiger partial charge in [-0.15, -0.1) is 0 Å². The van der Waals surface area contributed by atoms with E-state index in [-0.39, 0.29) is 0 Å². The third-order valence-electron chi connectivity index (χ3n) is 0.952. The molecule has 0 spiro atoms. The summed E-state index contributed by atoms with van der Waals surface area (Å²) in [6, 6.07) is 0. The lowest BCUT2D eigenvalue weighted by atomic mass is 10.3. The van der Waals surface area contributed by atoms with E-state index >= 15 is 0 Å². The van der Waals surface area contributed by atoms with Gasteiger partial charge in [0.2, 0.25) is 0 Å². The summed E-state index contributed by atoms with van der Waals surface area (Å²) >= 11 is 4.08. The Hall–Kier alpha value is -0.240. The molecule has 0 saturated heterocycles. The van der Waals surface area contributed by atoms with Gasteiger partial charge < -0.3 is 0 Å².